The van der Waals surface area contributed by atoms with Crippen molar-refractivity contribution in [1.82, 2.24) is 25.1 Å². The van der Waals surface area contributed by atoms with Crippen molar-refractivity contribution >= 4 is 0 Å². The molecule has 0 saturated carbocycles. The van der Waals surface area contributed by atoms with Gasteiger partial charge in [0.15, 0.2) is 5.82 Å². The maximum absolute atomic E-state index is 9.28. The predicted molar refractivity (Wildman–Crippen MR) is 97.2 cm³/mol. The quantitative estimate of drug-likeness (QED) is 0.712. The second-order valence-corrected chi connectivity index (χ2v) is 6.56. The number of nitrogens with zero attached hydrogens (tertiary/aromatic N) is 6. The van der Waals surface area contributed by atoms with Crippen molar-refractivity contribution in [2.75, 3.05) is 13.1 Å². The lowest BCUT2D eigenvalue weighted by molar-refractivity contribution is 0.264. The summed E-state index contributed by atoms with van der Waals surface area (Å²) in [6.45, 7) is 2.66. The molecule has 0 N–H and O–H groups in total. The van der Waals surface area contributed by atoms with E-state index in [1.165, 1.54) is 12.8 Å². The van der Waals surface area contributed by atoms with Gasteiger partial charge in [0, 0.05) is 0 Å². The molecular weight excluding hydrogens is 324 g/mol. The first kappa shape index (κ1) is 16.4. The molecule has 4 rings (SSSR count). The first-order valence-corrected chi connectivity index (χ1v) is 8.89. The fourth-order valence-electron chi connectivity index (χ4n) is 3.58. The van der Waals surface area contributed by atoms with E-state index < -0.39 is 0 Å². The van der Waals surface area contributed by atoms with Crippen LogP contribution in [-0.4, -0.2) is 38.2 Å². The summed E-state index contributed by atoms with van der Waals surface area (Å²) in [4.78, 5) is 2.41. The van der Waals surface area contributed by atoms with Gasteiger partial charge >= 0.3 is 0 Å². The van der Waals surface area contributed by atoms with Crippen LogP contribution in [0.4, 0.5) is 0 Å². The first-order chi connectivity index (χ1) is 12.8. The minimum atomic E-state index is -0.0375. The zero-order valence-electron chi connectivity index (χ0n) is 14.5. The fraction of sp³-hybridized carbons (Fsp3) is 0.300. The van der Waals surface area contributed by atoms with Gasteiger partial charge in [-0.1, -0.05) is 42.5 Å². The van der Waals surface area contributed by atoms with Crippen molar-refractivity contribution in [3.63, 3.8) is 0 Å². The first-order valence-electron chi connectivity index (χ1n) is 8.89. The van der Waals surface area contributed by atoms with Gasteiger partial charge in [0.2, 0.25) is 0 Å². The van der Waals surface area contributed by atoms with Gasteiger partial charge in [0.05, 0.1) is 24.2 Å². The third-order valence-electron chi connectivity index (χ3n) is 4.82. The molecule has 130 valence electrons. The standard InChI is InChI=1S/C20H20N6/c21-14-17-9-6-10-18(13-17)19(25-11-4-5-12-25)20-22-23-24-26(20)15-16-7-2-1-3-8-16/h1-3,6-10,13,19H,4-5,11-12,15H2/t19-/m0/s1. The molecule has 0 radical (unpaired) electrons. The van der Waals surface area contributed by atoms with E-state index in [1.807, 2.05) is 41.1 Å². The van der Waals surface area contributed by atoms with Gasteiger partial charge in [-0.3, -0.25) is 4.90 Å². The summed E-state index contributed by atoms with van der Waals surface area (Å²) in [7, 11) is 0. The fourth-order valence-corrected chi connectivity index (χ4v) is 3.58. The van der Waals surface area contributed by atoms with Crippen molar-refractivity contribution in [2.45, 2.75) is 25.4 Å². The third kappa shape index (κ3) is 3.35. The Labute approximate surface area is 152 Å². The Morgan fingerprint density at radius 3 is 2.62 bits per heavy atom. The molecular formula is C20H20N6. The van der Waals surface area contributed by atoms with Crippen molar-refractivity contribution in [1.29, 1.82) is 5.26 Å². The normalized spacial score (nSPS) is 15.7. The topological polar surface area (TPSA) is 70.6 Å². The summed E-state index contributed by atoms with van der Waals surface area (Å²) in [5.41, 5.74) is 2.89. The molecule has 1 aromatic heterocycles. The van der Waals surface area contributed by atoms with Gasteiger partial charge in [-0.15, -0.1) is 5.10 Å². The Bertz CT molecular complexity index is 905. The molecule has 2 aromatic carbocycles. The van der Waals surface area contributed by atoms with Crippen LogP contribution in [0.3, 0.4) is 0 Å². The van der Waals surface area contributed by atoms with Gasteiger partial charge in [0.1, 0.15) is 0 Å². The zero-order chi connectivity index (χ0) is 17.8. The molecule has 3 aromatic rings. The van der Waals surface area contributed by atoms with E-state index in [4.69, 9.17) is 0 Å². The van der Waals surface area contributed by atoms with Crippen LogP contribution in [0, 0.1) is 11.3 Å². The smallest absolute Gasteiger partial charge is 0.173 e. The molecule has 1 aliphatic rings. The predicted octanol–water partition coefficient (Wildman–Crippen LogP) is 2.78. The van der Waals surface area contributed by atoms with E-state index in [2.05, 4.69) is 44.7 Å². The number of hydrogen-bond donors (Lipinski definition) is 0. The van der Waals surface area contributed by atoms with Crippen molar-refractivity contribution in [3.8, 4) is 6.07 Å². The lowest BCUT2D eigenvalue weighted by Gasteiger charge is -2.27. The molecule has 1 fully saturated rings. The van der Waals surface area contributed by atoms with Gasteiger partial charge in [0.25, 0.3) is 0 Å². The van der Waals surface area contributed by atoms with Gasteiger partial charge < -0.3 is 0 Å². The highest BCUT2D eigenvalue weighted by molar-refractivity contribution is 5.36. The van der Waals surface area contributed by atoms with Crippen LogP contribution in [0.15, 0.2) is 54.6 Å². The van der Waals surface area contributed by atoms with E-state index in [1.54, 1.807) is 0 Å². The maximum atomic E-state index is 9.28. The molecule has 0 bridgehead atoms. The Morgan fingerprint density at radius 1 is 1.04 bits per heavy atom. The number of likely N-dealkylation sites (tertiary alicyclic amines) is 1. The maximum Gasteiger partial charge on any atom is 0.173 e. The molecule has 0 unspecified atom stereocenters. The summed E-state index contributed by atoms with van der Waals surface area (Å²) in [5.74, 6) is 0.825. The van der Waals surface area contributed by atoms with E-state index in [0.29, 0.717) is 12.1 Å². The minimum absolute atomic E-state index is 0.0375. The second kappa shape index (κ2) is 7.46. The Kier molecular flexibility index (Phi) is 4.71. The molecule has 26 heavy (non-hydrogen) atoms. The number of tetrazole rings is 1. The van der Waals surface area contributed by atoms with E-state index >= 15 is 0 Å². The van der Waals surface area contributed by atoms with Gasteiger partial charge in [-0.05, 0) is 59.6 Å². The number of aromatic nitrogens is 4. The Hall–Kier alpha value is -3.04. The highest BCUT2D eigenvalue weighted by atomic mass is 15.5. The Balaban J connectivity index is 1.73. The van der Waals surface area contributed by atoms with E-state index in [0.717, 1.165) is 30.0 Å². The molecule has 0 aliphatic carbocycles. The van der Waals surface area contributed by atoms with E-state index in [-0.39, 0.29) is 6.04 Å². The monoisotopic (exact) mass is 344 g/mol. The molecule has 1 saturated heterocycles. The molecule has 6 heteroatoms. The number of nitriles is 1. The van der Waals surface area contributed by atoms with Gasteiger partial charge in [-0.25, -0.2) is 4.68 Å². The van der Waals surface area contributed by atoms with Crippen LogP contribution in [0.1, 0.15) is 41.4 Å². The van der Waals surface area contributed by atoms with Crippen LogP contribution < -0.4 is 0 Å². The molecule has 1 atom stereocenters. The Morgan fingerprint density at radius 2 is 1.85 bits per heavy atom. The van der Waals surface area contributed by atoms with Gasteiger partial charge in [-0.2, -0.15) is 5.26 Å². The second-order valence-electron chi connectivity index (χ2n) is 6.56. The lowest BCUT2D eigenvalue weighted by Crippen LogP contribution is -2.29. The highest BCUT2D eigenvalue weighted by Gasteiger charge is 2.30. The molecule has 6 nitrogen and oxygen atoms in total. The van der Waals surface area contributed by atoms with Crippen LogP contribution in [0.25, 0.3) is 0 Å². The molecule has 0 amide bonds. The van der Waals surface area contributed by atoms with Crippen molar-refractivity contribution in [2.24, 2.45) is 0 Å². The van der Waals surface area contributed by atoms with Crippen LogP contribution in [0.2, 0.25) is 0 Å². The van der Waals surface area contributed by atoms with E-state index in [9.17, 15) is 5.26 Å². The summed E-state index contributed by atoms with van der Waals surface area (Å²) in [6, 6.07) is 20.2. The number of benzene rings is 2. The summed E-state index contributed by atoms with van der Waals surface area (Å²) in [5, 5.41) is 21.8. The summed E-state index contributed by atoms with van der Waals surface area (Å²) < 4.78 is 1.87. The summed E-state index contributed by atoms with van der Waals surface area (Å²) in [6.07, 6.45) is 2.35. The number of rotatable bonds is 5. The lowest BCUT2D eigenvalue weighted by atomic mass is 10.0. The van der Waals surface area contributed by atoms with Crippen LogP contribution in [-0.2, 0) is 6.54 Å². The SMILES string of the molecule is N#Cc1cccc([C@@H](c2nnnn2Cc2ccccc2)N2CCCC2)c1. The van der Waals surface area contributed by atoms with Crippen LogP contribution in [0.5, 0.6) is 0 Å². The molecule has 2 heterocycles. The zero-order valence-corrected chi connectivity index (χ0v) is 14.5. The third-order valence-corrected chi connectivity index (χ3v) is 4.82. The molecule has 1 aliphatic heterocycles. The highest BCUT2D eigenvalue weighted by Crippen LogP contribution is 2.30. The average molecular weight is 344 g/mol. The molecule has 0 spiro atoms. The average Bonchev–Trinajstić information content (AvgIpc) is 3.36. The van der Waals surface area contributed by atoms with Crippen molar-refractivity contribution in [3.05, 3.63) is 77.1 Å². The van der Waals surface area contributed by atoms with Crippen molar-refractivity contribution < 1.29 is 0 Å². The summed E-state index contributed by atoms with van der Waals surface area (Å²) >= 11 is 0. The minimum Gasteiger partial charge on any atom is -0.290 e. The van der Waals surface area contributed by atoms with Crippen LogP contribution >= 0.6 is 0 Å². The number of hydrogen-bond acceptors (Lipinski definition) is 5. The largest absolute Gasteiger partial charge is 0.290 e.